The van der Waals surface area contributed by atoms with Crippen molar-refractivity contribution in [1.82, 2.24) is 10.6 Å². The van der Waals surface area contributed by atoms with Gasteiger partial charge in [0.05, 0.1) is 10.8 Å². The molecule has 6 nitrogen and oxygen atoms in total. The lowest BCUT2D eigenvalue weighted by Gasteiger charge is -2.21. The minimum absolute atomic E-state index is 0.0341. The summed E-state index contributed by atoms with van der Waals surface area (Å²) in [5, 5.41) is 16.6. The first-order valence-electron chi connectivity index (χ1n) is 6.38. The van der Waals surface area contributed by atoms with E-state index in [1.165, 1.54) is 12.1 Å². The van der Waals surface area contributed by atoms with E-state index in [0.29, 0.717) is 6.54 Å². The van der Waals surface area contributed by atoms with Gasteiger partial charge in [0.25, 0.3) is 5.69 Å². The number of carbonyl (C=O) groups is 1. The first kappa shape index (κ1) is 13.5. The van der Waals surface area contributed by atoms with Crippen LogP contribution in [0.25, 0.3) is 0 Å². The largest absolute Gasteiger partial charge is 0.352 e. The molecule has 1 atom stereocenters. The number of nitro benzene ring substituents is 1. The van der Waals surface area contributed by atoms with Gasteiger partial charge in [0, 0.05) is 25.2 Å². The molecule has 0 bridgehead atoms. The Morgan fingerprint density at radius 1 is 1.42 bits per heavy atom. The zero-order valence-corrected chi connectivity index (χ0v) is 10.6. The number of carbonyl (C=O) groups excluding carboxylic acids is 1. The van der Waals surface area contributed by atoms with Crippen molar-refractivity contribution in [3.8, 4) is 0 Å². The average Bonchev–Trinajstić information content (AvgIpc) is 2.46. The highest BCUT2D eigenvalue weighted by molar-refractivity contribution is 5.78. The standard InChI is InChI=1S/C13H17N3O3/c17-13(11-2-1-7-14-9-11)15-8-10-3-5-12(6-4-10)16(18)19/h3-6,11,14H,1-2,7-9H2,(H,15,17)/t11-/m0/s1. The second kappa shape index (κ2) is 6.29. The SMILES string of the molecule is O=C(NCc1ccc([N+](=O)[O-])cc1)[C@H]1CCCNC1. The van der Waals surface area contributed by atoms with Crippen molar-refractivity contribution in [1.29, 1.82) is 0 Å². The summed E-state index contributed by atoms with van der Waals surface area (Å²) in [6.07, 6.45) is 1.94. The van der Waals surface area contributed by atoms with Crippen molar-refractivity contribution in [2.75, 3.05) is 13.1 Å². The monoisotopic (exact) mass is 263 g/mol. The van der Waals surface area contributed by atoms with Gasteiger partial charge in [0.1, 0.15) is 0 Å². The normalized spacial score (nSPS) is 18.8. The number of nitrogens with zero attached hydrogens (tertiary/aromatic N) is 1. The van der Waals surface area contributed by atoms with E-state index >= 15 is 0 Å². The van der Waals surface area contributed by atoms with Crippen molar-refractivity contribution in [2.45, 2.75) is 19.4 Å². The smallest absolute Gasteiger partial charge is 0.269 e. The molecule has 1 aliphatic heterocycles. The van der Waals surface area contributed by atoms with Crippen molar-refractivity contribution < 1.29 is 9.72 Å². The van der Waals surface area contributed by atoms with Gasteiger partial charge < -0.3 is 10.6 Å². The molecule has 19 heavy (non-hydrogen) atoms. The summed E-state index contributed by atoms with van der Waals surface area (Å²) in [6, 6.07) is 6.22. The van der Waals surface area contributed by atoms with Gasteiger partial charge in [-0.3, -0.25) is 14.9 Å². The molecule has 0 radical (unpaired) electrons. The fourth-order valence-corrected chi connectivity index (χ4v) is 2.14. The Bertz CT molecular complexity index is 453. The van der Waals surface area contributed by atoms with Gasteiger partial charge in [-0.25, -0.2) is 0 Å². The number of hydrogen-bond acceptors (Lipinski definition) is 4. The highest BCUT2D eigenvalue weighted by Gasteiger charge is 2.20. The molecule has 1 fully saturated rings. The van der Waals surface area contributed by atoms with Crippen LogP contribution >= 0.6 is 0 Å². The number of non-ortho nitro benzene ring substituents is 1. The topological polar surface area (TPSA) is 84.3 Å². The van der Waals surface area contributed by atoms with Crippen molar-refractivity contribution in [2.24, 2.45) is 5.92 Å². The molecule has 0 aromatic heterocycles. The van der Waals surface area contributed by atoms with Gasteiger partial charge >= 0.3 is 0 Å². The molecule has 1 amide bonds. The summed E-state index contributed by atoms with van der Waals surface area (Å²) in [7, 11) is 0. The summed E-state index contributed by atoms with van der Waals surface area (Å²) in [5.74, 6) is 0.0809. The Morgan fingerprint density at radius 2 is 2.16 bits per heavy atom. The molecule has 1 aromatic carbocycles. The van der Waals surface area contributed by atoms with Crippen LogP contribution < -0.4 is 10.6 Å². The van der Waals surface area contributed by atoms with Gasteiger partial charge in [-0.05, 0) is 24.9 Å². The third-order valence-corrected chi connectivity index (χ3v) is 3.28. The van der Waals surface area contributed by atoms with Crippen molar-refractivity contribution in [3.63, 3.8) is 0 Å². The molecule has 1 heterocycles. The molecular formula is C13H17N3O3. The number of piperidine rings is 1. The Balaban J connectivity index is 1.84. The van der Waals surface area contributed by atoms with Gasteiger partial charge in [0.15, 0.2) is 0 Å². The Kier molecular flexibility index (Phi) is 4.46. The molecule has 0 spiro atoms. The van der Waals surface area contributed by atoms with Crippen LogP contribution in [0.1, 0.15) is 18.4 Å². The van der Waals surface area contributed by atoms with Crippen molar-refractivity contribution >= 4 is 11.6 Å². The lowest BCUT2D eigenvalue weighted by atomic mass is 9.99. The fourth-order valence-electron chi connectivity index (χ4n) is 2.14. The van der Waals surface area contributed by atoms with Crippen LogP contribution in [0.2, 0.25) is 0 Å². The maximum absolute atomic E-state index is 11.9. The number of nitro groups is 1. The number of benzene rings is 1. The Hall–Kier alpha value is -1.95. The van der Waals surface area contributed by atoms with E-state index in [-0.39, 0.29) is 17.5 Å². The van der Waals surface area contributed by atoms with Crippen LogP contribution in [0.4, 0.5) is 5.69 Å². The molecule has 2 rings (SSSR count). The highest BCUT2D eigenvalue weighted by Crippen LogP contribution is 2.13. The van der Waals surface area contributed by atoms with E-state index in [0.717, 1.165) is 31.5 Å². The van der Waals surface area contributed by atoms with E-state index in [4.69, 9.17) is 0 Å². The van der Waals surface area contributed by atoms with Crippen LogP contribution in [0.5, 0.6) is 0 Å². The van der Waals surface area contributed by atoms with Crippen LogP contribution in [-0.4, -0.2) is 23.9 Å². The second-order valence-corrected chi connectivity index (χ2v) is 4.68. The van der Waals surface area contributed by atoms with E-state index in [9.17, 15) is 14.9 Å². The van der Waals surface area contributed by atoms with Crippen LogP contribution in [0, 0.1) is 16.0 Å². The predicted octanol–water partition coefficient (Wildman–Crippen LogP) is 1.21. The third kappa shape index (κ3) is 3.75. The number of hydrogen-bond donors (Lipinski definition) is 2. The maximum Gasteiger partial charge on any atom is 0.269 e. The molecular weight excluding hydrogens is 246 g/mol. The molecule has 6 heteroatoms. The molecule has 0 aliphatic carbocycles. The maximum atomic E-state index is 11.9. The average molecular weight is 263 g/mol. The minimum Gasteiger partial charge on any atom is -0.352 e. The highest BCUT2D eigenvalue weighted by atomic mass is 16.6. The first-order valence-corrected chi connectivity index (χ1v) is 6.38. The number of rotatable bonds is 4. The van der Waals surface area contributed by atoms with Crippen molar-refractivity contribution in [3.05, 3.63) is 39.9 Å². The predicted molar refractivity (Wildman–Crippen MR) is 70.5 cm³/mol. The van der Waals surface area contributed by atoms with Crippen LogP contribution in [0.3, 0.4) is 0 Å². The molecule has 0 saturated carbocycles. The number of nitrogens with one attached hydrogen (secondary N) is 2. The fraction of sp³-hybridized carbons (Fsp3) is 0.462. The zero-order valence-electron chi connectivity index (χ0n) is 10.6. The van der Waals surface area contributed by atoms with Crippen LogP contribution in [0.15, 0.2) is 24.3 Å². The quantitative estimate of drug-likeness (QED) is 0.631. The van der Waals surface area contributed by atoms with Gasteiger partial charge in [-0.15, -0.1) is 0 Å². The summed E-state index contributed by atoms with van der Waals surface area (Å²) >= 11 is 0. The Labute approximate surface area is 111 Å². The van der Waals surface area contributed by atoms with E-state index in [2.05, 4.69) is 10.6 Å². The Morgan fingerprint density at radius 3 is 2.74 bits per heavy atom. The summed E-state index contributed by atoms with van der Waals surface area (Å²) in [6.45, 7) is 2.12. The lowest BCUT2D eigenvalue weighted by Crippen LogP contribution is -2.40. The van der Waals surface area contributed by atoms with Crippen LogP contribution in [-0.2, 0) is 11.3 Å². The van der Waals surface area contributed by atoms with E-state index in [1.54, 1.807) is 12.1 Å². The zero-order chi connectivity index (χ0) is 13.7. The summed E-state index contributed by atoms with van der Waals surface area (Å²) < 4.78 is 0. The molecule has 0 unspecified atom stereocenters. The minimum atomic E-state index is -0.434. The summed E-state index contributed by atoms with van der Waals surface area (Å²) in [4.78, 5) is 22.0. The lowest BCUT2D eigenvalue weighted by molar-refractivity contribution is -0.384. The molecule has 1 aromatic rings. The molecule has 102 valence electrons. The van der Waals surface area contributed by atoms with Gasteiger partial charge in [-0.1, -0.05) is 12.1 Å². The van der Waals surface area contributed by atoms with E-state index in [1.807, 2.05) is 0 Å². The van der Waals surface area contributed by atoms with Gasteiger partial charge in [0.2, 0.25) is 5.91 Å². The molecule has 1 aliphatic rings. The summed E-state index contributed by atoms with van der Waals surface area (Å²) in [5.41, 5.74) is 0.925. The van der Waals surface area contributed by atoms with Gasteiger partial charge in [-0.2, -0.15) is 0 Å². The second-order valence-electron chi connectivity index (χ2n) is 4.68. The third-order valence-electron chi connectivity index (χ3n) is 3.28. The molecule has 2 N–H and O–H groups in total. The first-order chi connectivity index (χ1) is 9.16. The number of amides is 1. The molecule has 1 saturated heterocycles. The van der Waals surface area contributed by atoms with E-state index < -0.39 is 4.92 Å².